The van der Waals surface area contributed by atoms with Gasteiger partial charge in [-0.15, -0.1) is 0 Å². The largest absolute Gasteiger partial charge is 0.490 e. The molecule has 16 heavy (non-hydrogen) atoms. The highest BCUT2D eigenvalue weighted by Crippen LogP contribution is 2.26. The molecule has 2 nitrogen and oxygen atoms in total. The monoisotopic (exact) mass is 221 g/mol. The maximum atomic E-state index is 5.68. The van der Waals surface area contributed by atoms with Crippen LogP contribution in [-0.2, 0) is 0 Å². The van der Waals surface area contributed by atoms with Crippen LogP contribution < -0.4 is 9.47 Å². The molecule has 0 spiro atoms. The van der Waals surface area contributed by atoms with Gasteiger partial charge >= 0.3 is 0 Å². The predicted molar refractivity (Wildman–Crippen MR) is 66.9 cm³/mol. The molecule has 0 aliphatic carbocycles. The lowest BCUT2D eigenvalue weighted by Gasteiger charge is -2.11. The molecule has 0 atom stereocenters. The van der Waals surface area contributed by atoms with E-state index < -0.39 is 0 Å². The van der Waals surface area contributed by atoms with Gasteiger partial charge in [-0.1, -0.05) is 38.3 Å². The number of hydrogen-bond acceptors (Lipinski definition) is 2. The van der Waals surface area contributed by atoms with Gasteiger partial charge in [-0.25, -0.2) is 0 Å². The van der Waals surface area contributed by atoms with Crippen molar-refractivity contribution in [3.63, 3.8) is 0 Å². The van der Waals surface area contributed by atoms with Crippen LogP contribution in [0.1, 0.15) is 32.6 Å². The van der Waals surface area contributed by atoms with Gasteiger partial charge in [-0.2, -0.15) is 0 Å². The average molecular weight is 221 g/mol. The smallest absolute Gasteiger partial charge is 0.161 e. The van der Waals surface area contributed by atoms with Crippen LogP contribution in [0.3, 0.4) is 0 Å². The zero-order valence-electron chi connectivity index (χ0n) is 10.1. The molecular formula is C14H21O2. The third-order valence-corrected chi connectivity index (χ3v) is 2.36. The molecule has 1 rings (SSSR count). The van der Waals surface area contributed by atoms with Crippen molar-refractivity contribution in [3.05, 3.63) is 31.2 Å². The van der Waals surface area contributed by atoms with Crippen molar-refractivity contribution in [2.24, 2.45) is 0 Å². The third-order valence-electron chi connectivity index (χ3n) is 2.36. The van der Waals surface area contributed by atoms with Crippen LogP contribution >= 0.6 is 0 Å². The minimum atomic E-state index is 0.427. The van der Waals surface area contributed by atoms with Crippen LogP contribution in [0.2, 0.25) is 0 Å². The van der Waals surface area contributed by atoms with Crippen molar-refractivity contribution in [3.8, 4) is 11.5 Å². The van der Waals surface area contributed by atoms with Crippen molar-refractivity contribution < 1.29 is 9.47 Å². The summed E-state index contributed by atoms with van der Waals surface area (Å²) in [5.41, 5.74) is 0. The number of unbranched alkanes of at least 4 members (excludes halogenated alkanes) is 3. The lowest BCUT2D eigenvalue weighted by Crippen LogP contribution is -2.00. The number of para-hydroxylation sites is 2. The van der Waals surface area contributed by atoms with E-state index >= 15 is 0 Å². The Morgan fingerprint density at radius 3 is 2.31 bits per heavy atom. The fourth-order valence-electron chi connectivity index (χ4n) is 1.51. The fraction of sp³-hybridized carbons (Fsp3) is 0.500. The van der Waals surface area contributed by atoms with E-state index in [-0.39, 0.29) is 0 Å². The van der Waals surface area contributed by atoms with Crippen LogP contribution in [0.25, 0.3) is 0 Å². The van der Waals surface area contributed by atoms with Crippen molar-refractivity contribution in [2.75, 3.05) is 13.2 Å². The van der Waals surface area contributed by atoms with Crippen LogP contribution in [0.15, 0.2) is 24.3 Å². The number of benzene rings is 1. The maximum Gasteiger partial charge on any atom is 0.161 e. The first kappa shape index (κ1) is 12.9. The molecule has 0 aliphatic rings. The first-order valence-electron chi connectivity index (χ1n) is 6.02. The second-order valence-electron chi connectivity index (χ2n) is 3.70. The number of ether oxygens (including phenoxy) is 2. The van der Waals surface area contributed by atoms with Crippen LogP contribution in [0.4, 0.5) is 0 Å². The molecule has 0 fully saturated rings. The van der Waals surface area contributed by atoms with Gasteiger partial charge in [-0.3, -0.25) is 0 Å². The molecule has 0 unspecified atom stereocenters. The highest BCUT2D eigenvalue weighted by Gasteiger charge is 2.02. The highest BCUT2D eigenvalue weighted by atomic mass is 16.5. The molecule has 0 amide bonds. The second kappa shape index (κ2) is 8.03. The first-order valence-corrected chi connectivity index (χ1v) is 6.02. The standard InChI is InChI=1S/C14H21O2/c1-3-5-6-9-12-16-14-11-8-7-10-13(14)15-4-2/h7-8,10-11H,2-6,9,12H2,1H3. The second-order valence-corrected chi connectivity index (χ2v) is 3.70. The van der Waals surface area contributed by atoms with Gasteiger partial charge in [0.05, 0.1) is 13.2 Å². The Labute approximate surface area is 98.6 Å². The van der Waals surface area contributed by atoms with E-state index in [0.29, 0.717) is 6.61 Å². The molecule has 1 aromatic carbocycles. The Bertz CT molecular complexity index is 284. The minimum absolute atomic E-state index is 0.427. The topological polar surface area (TPSA) is 18.5 Å². The molecule has 0 heterocycles. The van der Waals surface area contributed by atoms with Crippen LogP contribution in [0, 0.1) is 6.92 Å². The summed E-state index contributed by atoms with van der Waals surface area (Å²) in [6.45, 7) is 7.06. The molecule has 0 aliphatic heterocycles. The minimum Gasteiger partial charge on any atom is -0.490 e. The van der Waals surface area contributed by atoms with E-state index in [1.807, 2.05) is 24.3 Å². The average Bonchev–Trinajstić information content (AvgIpc) is 2.31. The molecule has 0 bridgehead atoms. The summed E-state index contributed by atoms with van der Waals surface area (Å²) in [4.78, 5) is 0. The zero-order valence-corrected chi connectivity index (χ0v) is 10.1. The van der Waals surface area contributed by atoms with Gasteiger partial charge in [0, 0.05) is 0 Å². The van der Waals surface area contributed by atoms with Crippen LogP contribution in [0.5, 0.6) is 11.5 Å². The lowest BCUT2D eigenvalue weighted by molar-refractivity contribution is 0.276. The number of hydrogen-bond donors (Lipinski definition) is 0. The highest BCUT2D eigenvalue weighted by molar-refractivity contribution is 5.39. The molecule has 0 N–H and O–H groups in total. The summed E-state index contributed by atoms with van der Waals surface area (Å²) >= 11 is 0. The summed E-state index contributed by atoms with van der Waals surface area (Å²) < 4.78 is 11.1. The van der Waals surface area contributed by atoms with Crippen molar-refractivity contribution in [1.82, 2.24) is 0 Å². The Kier molecular flexibility index (Phi) is 6.47. The maximum absolute atomic E-state index is 5.68. The zero-order chi connectivity index (χ0) is 11.6. The van der Waals surface area contributed by atoms with E-state index in [4.69, 9.17) is 9.47 Å². The summed E-state index contributed by atoms with van der Waals surface area (Å²) in [6, 6.07) is 7.74. The Balaban J connectivity index is 2.34. The van der Waals surface area contributed by atoms with E-state index in [1.54, 1.807) is 0 Å². The summed E-state index contributed by atoms with van der Waals surface area (Å²) in [5, 5.41) is 0. The third kappa shape index (κ3) is 4.56. The van der Waals surface area contributed by atoms with E-state index in [2.05, 4.69) is 13.8 Å². The first-order chi connectivity index (χ1) is 7.88. The van der Waals surface area contributed by atoms with Crippen LogP contribution in [-0.4, -0.2) is 13.2 Å². The van der Waals surface area contributed by atoms with Gasteiger partial charge < -0.3 is 9.47 Å². The molecule has 2 heteroatoms. The fourth-order valence-corrected chi connectivity index (χ4v) is 1.51. The normalized spacial score (nSPS) is 10.1. The van der Waals surface area contributed by atoms with E-state index in [9.17, 15) is 0 Å². The number of rotatable bonds is 8. The van der Waals surface area contributed by atoms with Gasteiger partial charge in [-0.05, 0) is 25.5 Å². The van der Waals surface area contributed by atoms with E-state index in [1.165, 1.54) is 19.3 Å². The van der Waals surface area contributed by atoms with Crippen molar-refractivity contribution >= 4 is 0 Å². The molecular weight excluding hydrogens is 200 g/mol. The molecule has 1 radical (unpaired) electrons. The van der Waals surface area contributed by atoms with Gasteiger partial charge in [0.15, 0.2) is 11.5 Å². The van der Waals surface area contributed by atoms with Crippen molar-refractivity contribution in [1.29, 1.82) is 0 Å². The molecule has 1 aromatic rings. The molecule has 0 aromatic heterocycles. The summed E-state index contributed by atoms with van der Waals surface area (Å²) in [5.74, 6) is 1.61. The summed E-state index contributed by atoms with van der Waals surface area (Å²) in [7, 11) is 0. The summed E-state index contributed by atoms with van der Waals surface area (Å²) in [6.07, 6.45) is 4.86. The van der Waals surface area contributed by atoms with Gasteiger partial charge in [0.1, 0.15) is 0 Å². The predicted octanol–water partition coefficient (Wildman–Crippen LogP) is 3.86. The molecule has 0 saturated carbocycles. The Morgan fingerprint density at radius 2 is 1.69 bits per heavy atom. The Morgan fingerprint density at radius 1 is 1.00 bits per heavy atom. The van der Waals surface area contributed by atoms with Gasteiger partial charge in [0.25, 0.3) is 0 Å². The SMILES string of the molecule is [CH2]COc1ccccc1OCCCCCC. The lowest BCUT2D eigenvalue weighted by atomic mass is 10.2. The quantitative estimate of drug-likeness (QED) is 0.621. The van der Waals surface area contributed by atoms with E-state index in [0.717, 1.165) is 24.5 Å². The Hall–Kier alpha value is -1.18. The molecule has 0 saturated heterocycles. The molecule has 89 valence electrons. The van der Waals surface area contributed by atoms with Gasteiger partial charge in [0.2, 0.25) is 0 Å². The van der Waals surface area contributed by atoms with Crippen molar-refractivity contribution in [2.45, 2.75) is 32.6 Å².